The minimum absolute atomic E-state index is 0.508. The second-order valence-electron chi connectivity index (χ2n) is 6.28. The van der Waals surface area contributed by atoms with Gasteiger partial charge in [0.25, 0.3) is 0 Å². The Kier molecular flexibility index (Phi) is 8.40. The van der Waals surface area contributed by atoms with Crippen LogP contribution in [0.15, 0.2) is 24.3 Å². The number of nitrogens with one attached hydrogen (secondary N) is 1. The van der Waals surface area contributed by atoms with Gasteiger partial charge in [0.15, 0.2) is 0 Å². The van der Waals surface area contributed by atoms with E-state index in [0.717, 1.165) is 37.7 Å². The highest BCUT2D eigenvalue weighted by Crippen LogP contribution is 2.19. The lowest BCUT2D eigenvalue weighted by atomic mass is 10.1. The summed E-state index contributed by atoms with van der Waals surface area (Å²) in [6, 6.07) is 8.81. The van der Waals surface area contributed by atoms with Gasteiger partial charge >= 0.3 is 0 Å². The SMILES string of the molecule is COc1ccccc1CC(C)N(C)CCNCCC(C)C. The van der Waals surface area contributed by atoms with Crippen molar-refractivity contribution in [2.45, 2.75) is 39.7 Å². The molecule has 1 atom stereocenters. The van der Waals surface area contributed by atoms with E-state index in [9.17, 15) is 0 Å². The van der Waals surface area contributed by atoms with Crippen LogP contribution in [0.3, 0.4) is 0 Å². The maximum atomic E-state index is 5.43. The van der Waals surface area contributed by atoms with Crippen molar-refractivity contribution in [3.05, 3.63) is 29.8 Å². The summed E-state index contributed by atoms with van der Waals surface area (Å²) in [6.45, 7) is 10.1. The summed E-state index contributed by atoms with van der Waals surface area (Å²) in [7, 11) is 3.94. The van der Waals surface area contributed by atoms with Gasteiger partial charge in [-0.15, -0.1) is 0 Å². The molecule has 0 saturated carbocycles. The molecule has 3 heteroatoms. The topological polar surface area (TPSA) is 24.5 Å². The van der Waals surface area contributed by atoms with Crippen molar-refractivity contribution in [1.82, 2.24) is 10.2 Å². The molecule has 0 aliphatic heterocycles. The Labute approximate surface area is 130 Å². The third-order valence-electron chi connectivity index (χ3n) is 4.00. The smallest absolute Gasteiger partial charge is 0.122 e. The Morgan fingerprint density at radius 1 is 1.14 bits per heavy atom. The van der Waals surface area contributed by atoms with E-state index in [-0.39, 0.29) is 0 Å². The molecule has 0 radical (unpaired) electrons. The van der Waals surface area contributed by atoms with Gasteiger partial charge in [0, 0.05) is 19.1 Å². The summed E-state index contributed by atoms with van der Waals surface area (Å²) in [5.74, 6) is 1.77. The van der Waals surface area contributed by atoms with E-state index in [1.54, 1.807) is 7.11 Å². The van der Waals surface area contributed by atoms with Gasteiger partial charge in [0.05, 0.1) is 7.11 Å². The minimum Gasteiger partial charge on any atom is -0.496 e. The number of likely N-dealkylation sites (N-methyl/N-ethyl adjacent to an activating group) is 1. The van der Waals surface area contributed by atoms with Crippen LogP contribution in [-0.2, 0) is 6.42 Å². The standard InChI is InChI=1S/C18H32N2O/c1-15(2)10-11-19-12-13-20(4)16(3)14-17-8-6-7-9-18(17)21-5/h6-9,15-16,19H,10-14H2,1-5H3. The van der Waals surface area contributed by atoms with Crippen LogP contribution >= 0.6 is 0 Å². The van der Waals surface area contributed by atoms with Crippen LogP contribution in [0.1, 0.15) is 32.8 Å². The van der Waals surface area contributed by atoms with Crippen LogP contribution in [0.2, 0.25) is 0 Å². The summed E-state index contributed by atoms with van der Waals surface area (Å²) in [4.78, 5) is 2.41. The third kappa shape index (κ3) is 6.96. The van der Waals surface area contributed by atoms with E-state index in [0.29, 0.717) is 6.04 Å². The van der Waals surface area contributed by atoms with E-state index >= 15 is 0 Å². The molecule has 1 unspecified atom stereocenters. The van der Waals surface area contributed by atoms with Gasteiger partial charge in [-0.2, -0.15) is 0 Å². The highest BCUT2D eigenvalue weighted by atomic mass is 16.5. The van der Waals surface area contributed by atoms with Crippen LogP contribution in [0.25, 0.3) is 0 Å². The normalized spacial score (nSPS) is 12.9. The number of ether oxygens (including phenoxy) is 1. The third-order valence-corrected chi connectivity index (χ3v) is 4.00. The van der Waals surface area contributed by atoms with E-state index in [1.807, 2.05) is 12.1 Å². The first-order chi connectivity index (χ1) is 10.0. The van der Waals surface area contributed by atoms with Gasteiger partial charge < -0.3 is 15.0 Å². The molecule has 3 nitrogen and oxygen atoms in total. The lowest BCUT2D eigenvalue weighted by molar-refractivity contribution is 0.254. The summed E-state index contributed by atoms with van der Waals surface area (Å²) in [5.41, 5.74) is 1.28. The number of hydrogen-bond donors (Lipinski definition) is 1. The molecule has 0 aliphatic rings. The summed E-state index contributed by atoms with van der Waals surface area (Å²) >= 11 is 0. The number of nitrogens with zero attached hydrogens (tertiary/aromatic N) is 1. The van der Waals surface area contributed by atoms with E-state index in [4.69, 9.17) is 4.74 Å². The molecule has 0 spiro atoms. The second-order valence-corrected chi connectivity index (χ2v) is 6.28. The lowest BCUT2D eigenvalue weighted by Gasteiger charge is -2.25. The van der Waals surface area contributed by atoms with Gasteiger partial charge in [-0.1, -0.05) is 32.0 Å². The van der Waals surface area contributed by atoms with Crippen LogP contribution in [0.4, 0.5) is 0 Å². The minimum atomic E-state index is 0.508. The van der Waals surface area contributed by atoms with Crippen LogP contribution < -0.4 is 10.1 Å². The first kappa shape index (κ1) is 18.0. The summed E-state index contributed by atoms with van der Waals surface area (Å²) in [6.07, 6.45) is 2.27. The molecule has 0 amide bonds. The molecule has 0 bridgehead atoms. The van der Waals surface area contributed by atoms with Crippen LogP contribution in [0, 0.1) is 5.92 Å². The zero-order chi connectivity index (χ0) is 15.7. The Hall–Kier alpha value is -1.06. The molecule has 0 fully saturated rings. The Bertz CT molecular complexity index is 393. The molecule has 1 rings (SSSR count). The number of para-hydroxylation sites is 1. The Morgan fingerprint density at radius 2 is 1.86 bits per heavy atom. The van der Waals surface area contributed by atoms with Crippen LogP contribution in [0.5, 0.6) is 5.75 Å². The summed E-state index contributed by atoms with van der Waals surface area (Å²) < 4.78 is 5.43. The molecular formula is C18H32N2O. The monoisotopic (exact) mass is 292 g/mol. The molecule has 21 heavy (non-hydrogen) atoms. The molecule has 1 aromatic carbocycles. The first-order valence-electron chi connectivity index (χ1n) is 8.07. The molecule has 1 N–H and O–H groups in total. The van der Waals surface area contributed by atoms with Gasteiger partial charge in [0.2, 0.25) is 0 Å². The molecule has 1 aromatic rings. The van der Waals surface area contributed by atoms with Gasteiger partial charge in [-0.25, -0.2) is 0 Å². The average Bonchev–Trinajstić information content (AvgIpc) is 2.46. The second kappa shape index (κ2) is 9.80. The number of rotatable bonds is 10. The maximum Gasteiger partial charge on any atom is 0.122 e. The number of hydrogen-bond acceptors (Lipinski definition) is 3. The molecule has 0 saturated heterocycles. The Morgan fingerprint density at radius 3 is 2.52 bits per heavy atom. The van der Waals surface area contributed by atoms with Gasteiger partial charge in [-0.3, -0.25) is 0 Å². The van der Waals surface area contributed by atoms with Crippen molar-refractivity contribution in [3.8, 4) is 5.75 Å². The first-order valence-corrected chi connectivity index (χ1v) is 8.07. The molecule has 0 aromatic heterocycles. The Balaban J connectivity index is 2.32. The zero-order valence-corrected chi connectivity index (χ0v) is 14.4. The van der Waals surface area contributed by atoms with Gasteiger partial charge in [-0.05, 0) is 50.9 Å². The number of methoxy groups -OCH3 is 1. The fourth-order valence-electron chi connectivity index (χ4n) is 2.34. The molecular weight excluding hydrogens is 260 g/mol. The van der Waals surface area contributed by atoms with Gasteiger partial charge in [0.1, 0.15) is 5.75 Å². The fourth-order valence-corrected chi connectivity index (χ4v) is 2.34. The maximum absolute atomic E-state index is 5.43. The zero-order valence-electron chi connectivity index (χ0n) is 14.4. The highest BCUT2D eigenvalue weighted by molar-refractivity contribution is 5.33. The van der Waals surface area contributed by atoms with Crippen molar-refractivity contribution >= 4 is 0 Å². The fraction of sp³-hybridized carbons (Fsp3) is 0.667. The van der Waals surface area contributed by atoms with E-state index < -0.39 is 0 Å². The molecule has 0 aliphatic carbocycles. The van der Waals surface area contributed by atoms with Crippen molar-refractivity contribution in [3.63, 3.8) is 0 Å². The molecule has 120 valence electrons. The predicted molar refractivity (Wildman–Crippen MR) is 91.1 cm³/mol. The van der Waals surface area contributed by atoms with Crippen molar-refractivity contribution in [1.29, 1.82) is 0 Å². The van der Waals surface area contributed by atoms with Crippen molar-refractivity contribution in [2.75, 3.05) is 33.8 Å². The summed E-state index contributed by atoms with van der Waals surface area (Å²) in [5, 5.41) is 3.52. The average molecular weight is 292 g/mol. The number of benzene rings is 1. The molecule has 0 heterocycles. The van der Waals surface area contributed by atoms with Crippen molar-refractivity contribution in [2.24, 2.45) is 5.92 Å². The highest BCUT2D eigenvalue weighted by Gasteiger charge is 2.12. The largest absolute Gasteiger partial charge is 0.496 e. The van der Waals surface area contributed by atoms with E-state index in [2.05, 4.69) is 50.2 Å². The van der Waals surface area contributed by atoms with Crippen LogP contribution in [-0.4, -0.2) is 44.7 Å². The predicted octanol–water partition coefficient (Wildman–Crippen LogP) is 3.19. The quantitative estimate of drug-likeness (QED) is 0.670. The lowest BCUT2D eigenvalue weighted by Crippen LogP contribution is -2.37. The van der Waals surface area contributed by atoms with Crippen molar-refractivity contribution < 1.29 is 4.74 Å². The van der Waals surface area contributed by atoms with E-state index in [1.165, 1.54) is 12.0 Å².